The van der Waals surface area contributed by atoms with Crippen molar-refractivity contribution in [3.63, 3.8) is 0 Å². The molecule has 0 N–H and O–H groups in total. The number of sulfonamides is 1. The fourth-order valence-electron chi connectivity index (χ4n) is 3.64. The Labute approximate surface area is 228 Å². The van der Waals surface area contributed by atoms with Crippen LogP contribution in [0.25, 0.3) is 11.1 Å². The van der Waals surface area contributed by atoms with Crippen molar-refractivity contribution < 1.29 is 22.7 Å². The molecule has 2 aromatic carbocycles. The van der Waals surface area contributed by atoms with E-state index in [1.54, 1.807) is 38.1 Å². The molecule has 0 amide bonds. The van der Waals surface area contributed by atoms with Gasteiger partial charge in [0, 0.05) is 20.5 Å². The van der Waals surface area contributed by atoms with E-state index in [9.17, 15) is 13.2 Å². The number of rotatable bonds is 12. The molecule has 3 aromatic rings. The normalized spacial score (nSPS) is 11.6. The Morgan fingerprint density at radius 1 is 1.13 bits per heavy atom. The molecule has 3 rings (SSSR count). The molecule has 204 valence electrons. The summed E-state index contributed by atoms with van der Waals surface area (Å²) in [4.78, 5) is 18.6. The number of carbonyl (C=O) groups excluding carboxylic acids is 1. The number of imidazole rings is 1. The van der Waals surface area contributed by atoms with Crippen LogP contribution in [-0.4, -0.2) is 62.3 Å². The molecule has 0 fully saturated rings. The maximum Gasteiger partial charge on any atom is 0.515 e. The number of aryl methyl sites for hydroxylation is 1. The van der Waals surface area contributed by atoms with Gasteiger partial charge in [-0.2, -0.15) is 8.42 Å². The molecule has 1 aromatic heterocycles. The van der Waals surface area contributed by atoms with Gasteiger partial charge in [0.2, 0.25) is 5.88 Å². The fraction of sp³-hybridized carbons (Fsp3) is 0.370. The summed E-state index contributed by atoms with van der Waals surface area (Å²) in [6, 6.07) is 14.5. The third kappa shape index (κ3) is 7.61. The predicted molar refractivity (Wildman–Crippen MR) is 151 cm³/mol. The molecule has 0 aliphatic rings. The van der Waals surface area contributed by atoms with E-state index < -0.39 is 16.2 Å². The number of unbranched alkanes of at least 4 members (excludes halogenated alkanes) is 1. The van der Waals surface area contributed by atoms with Gasteiger partial charge in [-0.05, 0) is 48.4 Å². The van der Waals surface area contributed by atoms with E-state index in [2.05, 4.69) is 11.3 Å². The molecule has 0 saturated heterocycles. The maximum absolute atomic E-state index is 12.6. The third-order valence-electron chi connectivity index (χ3n) is 5.54. The topological polar surface area (TPSA) is 103 Å². The first-order valence-electron chi connectivity index (χ1n) is 12.3. The van der Waals surface area contributed by atoms with Crippen LogP contribution in [0.5, 0.6) is 5.88 Å². The van der Waals surface area contributed by atoms with E-state index in [1.807, 2.05) is 41.2 Å². The third-order valence-corrected chi connectivity index (χ3v) is 7.41. The van der Waals surface area contributed by atoms with Gasteiger partial charge in [-0.3, -0.25) is 4.57 Å². The molecule has 11 heteroatoms. The molecule has 0 saturated carbocycles. The van der Waals surface area contributed by atoms with Crippen LogP contribution < -0.4 is 4.74 Å². The van der Waals surface area contributed by atoms with Gasteiger partial charge in [-0.25, -0.2) is 9.78 Å². The standard InChI is InChI=1S/C27H34N4O5S2/c1-6-8-12-24-29-25(37-5)26(36-27(32)35-7-2)31(24)18-20-13-15-21(16-14-20)22-10-9-11-23(17-22)38(33,34)28-19-30(3)4/h9-11,13-17,19H,6-8,12,18H2,1-5H3. The second-order valence-electron chi connectivity index (χ2n) is 8.70. The largest absolute Gasteiger partial charge is 0.515 e. The highest BCUT2D eigenvalue weighted by Gasteiger charge is 2.22. The Balaban J connectivity index is 1.90. The Kier molecular flexibility index (Phi) is 10.4. The van der Waals surface area contributed by atoms with E-state index >= 15 is 0 Å². The van der Waals surface area contributed by atoms with Gasteiger partial charge < -0.3 is 14.4 Å². The number of hydrogen-bond donors (Lipinski definition) is 0. The smallest absolute Gasteiger partial charge is 0.434 e. The summed E-state index contributed by atoms with van der Waals surface area (Å²) < 4.78 is 41.4. The maximum atomic E-state index is 12.6. The molecule has 0 aliphatic heterocycles. The molecule has 1 heterocycles. The zero-order valence-electron chi connectivity index (χ0n) is 22.4. The molecule has 0 spiro atoms. The number of nitrogens with zero attached hydrogens (tertiary/aromatic N) is 4. The monoisotopic (exact) mass is 558 g/mol. The lowest BCUT2D eigenvalue weighted by molar-refractivity contribution is 0.0998. The highest BCUT2D eigenvalue weighted by atomic mass is 32.2. The molecule has 38 heavy (non-hydrogen) atoms. The first kappa shape index (κ1) is 29.2. The SMILES string of the molecule is CCCCc1nc(SC)c(OC(=O)OCC)n1Cc1ccc(-c2cccc(S(=O)(=O)N=CN(C)C)c2)cc1. The average molecular weight is 559 g/mol. The molecule has 0 unspecified atom stereocenters. The van der Waals surface area contributed by atoms with Crippen LogP contribution in [0.3, 0.4) is 0 Å². The Morgan fingerprint density at radius 2 is 1.87 bits per heavy atom. The number of thioether (sulfide) groups is 1. The van der Waals surface area contributed by atoms with Crippen LogP contribution in [0.15, 0.2) is 62.9 Å². The van der Waals surface area contributed by atoms with Crippen molar-refractivity contribution >= 4 is 34.3 Å². The second-order valence-corrected chi connectivity index (χ2v) is 11.1. The minimum Gasteiger partial charge on any atom is -0.434 e. The van der Waals surface area contributed by atoms with E-state index in [0.29, 0.717) is 17.5 Å². The van der Waals surface area contributed by atoms with Crippen molar-refractivity contribution in [2.45, 2.75) is 49.6 Å². The molecular weight excluding hydrogens is 524 g/mol. The Morgan fingerprint density at radius 3 is 2.50 bits per heavy atom. The summed E-state index contributed by atoms with van der Waals surface area (Å²) in [5.74, 6) is 1.22. The zero-order valence-corrected chi connectivity index (χ0v) is 24.0. The van der Waals surface area contributed by atoms with Gasteiger partial charge in [0.05, 0.1) is 18.0 Å². The highest BCUT2D eigenvalue weighted by Crippen LogP contribution is 2.31. The summed E-state index contributed by atoms with van der Waals surface area (Å²) in [6.45, 7) is 4.52. The van der Waals surface area contributed by atoms with Crippen LogP contribution in [-0.2, 0) is 27.7 Å². The molecule has 9 nitrogen and oxygen atoms in total. The van der Waals surface area contributed by atoms with Crippen LogP contribution in [0.2, 0.25) is 0 Å². The molecular formula is C27H34N4O5S2. The Bertz CT molecular complexity index is 1370. The lowest BCUT2D eigenvalue weighted by Gasteiger charge is -2.13. The van der Waals surface area contributed by atoms with E-state index in [-0.39, 0.29) is 11.5 Å². The van der Waals surface area contributed by atoms with Gasteiger partial charge in [-0.15, -0.1) is 16.2 Å². The quantitative estimate of drug-likeness (QED) is 0.125. The van der Waals surface area contributed by atoms with Crippen molar-refractivity contribution in [1.82, 2.24) is 14.5 Å². The van der Waals surface area contributed by atoms with Crippen LogP contribution >= 0.6 is 11.8 Å². The van der Waals surface area contributed by atoms with Gasteiger partial charge in [0.1, 0.15) is 12.2 Å². The van der Waals surface area contributed by atoms with Crippen molar-refractivity contribution in [3.05, 3.63) is 59.9 Å². The van der Waals surface area contributed by atoms with Crippen molar-refractivity contribution in [1.29, 1.82) is 0 Å². The van der Waals surface area contributed by atoms with Crippen molar-refractivity contribution in [3.8, 4) is 17.0 Å². The minimum atomic E-state index is -3.80. The fourth-order valence-corrected chi connectivity index (χ4v) is 5.13. The van der Waals surface area contributed by atoms with Crippen LogP contribution in [0.4, 0.5) is 4.79 Å². The zero-order chi connectivity index (χ0) is 27.7. The van der Waals surface area contributed by atoms with Crippen LogP contribution in [0, 0.1) is 0 Å². The summed E-state index contributed by atoms with van der Waals surface area (Å²) in [6.07, 6.45) is 5.13. The minimum absolute atomic E-state index is 0.126. The molecule has 0 atom stereocenters. The van der Waals surface area contributed by atoms with Gasteiger partial charge in [0.25, 0.3) is 10.0 Å². The van der Waals surface area contributed by atoms with Gasteiger partial charge >= 0.3 is 6.16 Å². The lowest BCUT2D eigenvalue weighted by atomic mass is 10.0. The van der Waals surface area contributed by atoms with E-state index in [0.717, 1.165) is 41.8 Å². The first-order valence-corrected chi connectivity index (χ1v) is 15.0. The molecule has 0 radical (unpaired) electrons. The van der Waals surface area contributed by atoms with Gasteiger partial charge in [0.15, 0.2) is 5.03 Å². The molecule has 0 aliphatic carbocycles. The average Bonchev–Trinajstić information content (AvgIpc) is 3.22. The summed E-state index contributed by atoms with van der Waals surface area (Å²) >= 11 is 1.42. The van der Waals surface area contributed by atoms with E-state index in [4.69, 9.17) is 14.5 Å². The number of carbonyl (C=O) groups is 1. The highest BCUT2D eigenvalue weighted by molar-refractivity contribution is 7.98. The first-order chi connectivity index (χ1) is 18.2. The second kappa shape index (κ2) is 13.5. The lowest BCUT2D eigenvalue weighted by Crippen LogP contribution is -2.15. The van der Waals surface area contributed by atoms with Gasteiger partial charge in [-0.1, -0.05) is 49.7 Å². The van der Waals surface area contributed by atoms with E-state index in [1.165, 1.54) is 24.2 Å². The Hall–Kier alpha value is -3.31. The van der Waals surface area contributed by atoms with Crippen molar-refractivity contribution in [2.75, 3.05) is 27.0 Å². The number of aromatic nitrogens is 2. The summed E-state index contributed by atoms with van der Waals surface area (Å²) in [5.41, 5.74) is 2.61. The van der Waals surface area contributed by atoms with Crippen molar-refractivity contribution in [2.24, 2.45) is 4.40 Å². The summed E-state index contributed by atoms with van der Waals surface area (Å²) in [7, 11) is -0.383. The number of ether oxygens (including phenoxy) is 2. The predicted octanol–water partition coefficient (Wildman–Crippen LogP) is 5.48. The number of benzene rings is 2. The number of hydrogen-bond acceptors (Lipinski definition) is 7. The van der Waals surface area contributed by atoms with Crippen LogP contribution in [0.1, 0.15) is 38.1 Å². The summed E-state index contributed by atoms with van der Waals surface area (Å²) in [5, 5.41) is 0.635. The molecule has 0 bridgehead atoms.